The summed E-state index contributed by atoms with van der Waals surface area (Å²) in [6.45, 7) is 0.0716. The first-order valence-corrected chi connectivity index (χ1v) is 7.66. The molecule has 2 aromatic rings. The summed E-state index contributed by atoms with van der Waals surface area (Å²) in [5, 5.41) is 0. The Morgan fingerprint density at radius 2 is 1.76 bits per heavy atom. The maximum atomic E-state index is 13.6. The van der Waals surface area contributed by atoms with E-state index in [9.17, 15) is 17.2 Å². The SMILES string of the molecule is Nc1cc(F)c(F)c(S(=O)(=O)NCCc2ccccc2)c1. The van der Waals surface area contributed by atoms with E-state index in [0.717, 1.165) is 17.7 Å². The number of halogens is 2. The third-order valence-electron chi connectivity index (χ3n) is 2.86. The largest absolute Gasteiger partial charge is 0.399 e. The molecule has 0 aliphatic carbocycles. The fourth-order valence-corrected chi connectivity index (χ4v) is 2.98. The fraction of sp³-hybridized carbons (Fsp3) is 0.143. The normalized spacial score (nSPS) is 11.5. The van der Waals surface area contributed by atoms with Crippen LogP contribution in [-0.2, 0) is 16.4 Å². The Kier molecular flexibility index (Phi) is 4.54. The zero-order valence-corrected chi connectivity index (χ0v) is 11.8. The highest BCUT2D eigenvalue weighted by Crippen LogP contribution is 2.20. The van der Waals surface area contributed by atoms with Gasteiger partial charge in [0, 0.05) is 12.2 Å². The molecule has 0 aromatic heterocycles. The molecule has 7 heteroatoms. The van der Waals surface area contributed by atoms with Crippen LogP contribution >= 0.6 is 0 Å². The molecule has 0 atom stereocenters. The first-order chi connectivity index (χ1) is 9.90. The van der Waals surface area contributed by atoms with E-state index in [1.165, 1.54) is 0 Å². The molecule has 0 spiro atoms. The number of rotatable bonds is 5. The van der Waals surface area contributed by atoms with E-state index < -0.39 is 26.6 Å². The molecule has 0 aliphatic rings. The monoisotopic (exact) mass is 312 g/mol. The van der Waals surface area contributed by atoms with Gasteiger partial charge in [0.05, 0.1) is 0 Å². The molecule has 0 aliphatic heterocycles. The van der Waals surface area contributed by atoms with Crippen molar-refractivity contribution >= 4 is 15.7 Å². The lowest BCUT2D eigenvalue weighted by Gasteiger charge is -2.09. The lowest BCUT2D eigenvalue weighted by Crippen LogP contribution is -2.27. The fourth-order valence-electron chi connectivity index (χ4n) is 1.83. The molecule has 0 saturated heterocycles. The quantitative estimate of drug-likeness (QED) is 0.830. The minimum Gasteiger partial charge on any atom is -0.399 e. The van der Waals surface area contributed by atoms with Crippen LogP contribution in [0.5, 0.6) is 0 Å². The molecule has 0 radical (unpaired) electrons. The van der Waals surface area contributed by atoms with E-state index in [1.54, 1.807) is 0 Å². The molecule has 0 unspecified atom stereocenters. The van der Waals surface area contributed by atoms with Gasteiger partial charge in [0.2, 0.25) is 10.0 Å². The Balaban J connectivity index is 2.12. The van der Waals surface area contributed by atoms with Crippen LogP contribution in [-0.4, -0.2) is 15.0 Å². The molecule has 112 valence electrons. The van der Waals surface area contributed by atoms with Crippen molar-refractivity contribution in [1.29, 1.82) is 0 Å². The third-order valence-corrected chi connectivity index (χ3v) is 4.32. The van der Waals surface area contributed by atoms with Crippen molar-refractivity contribution in [3.8, 4) is 0 Å². The van der Waals surface area contributed by atoms with Crippen molar-refractivity contribution < 1.29 is 17.2 Å². The number of hydrogen-bond donors (Lipinski definition) is 2. The van der Waals surface area contributed by atoms with Crippen molar-refractivity contribution in [3.63, 3.8) is 0 Å². The summed E-state index contributed by atoms with van der Waals surface area (Å²) in [6.07, 6.45) is 0.437. The van der Waals surface area contributed by atoms with E-state index in [4.69, 9.17) is 5.73 Å². The number of sulfonamides is 1. The molecule has 0 heterocycles. The van der Waals surface area contributed by atoms with E-state index in [1.807, 2.05) is 30.3 Å². The standard InChI is InChI=1S/C14H14F2N2O2S/c15-12-8-11(17)9-13(14(12)16)21(19,20)18-7-6-10-4-2-1-3-5-10/h1-5,8-9,18H,6-7,17H2. The van der Waals surface area contributed by atoms with Gasteiger partial charge in [0.25, 0.3) is 0 Å². The average molecular weight is 312 g/mol. The molecule has 0 amide bonds. The lowest BCUT2D eigenvalue weighted by molar-refractivity contribution is 0.484. The van der Waals surface area contributed by atoms with Gasteiger partial charge in [-0.2, -0.15) is 0 Å². The van der Waals surface area contributed by atoms with Gasteiger partial charge in [-0.3, -0.25) is 0 Å². The summed E-state index contributed by atoms with van der Waals surface area (Å²) < 4.78 is 53.0. The zero-order chi connectivity index (χ0) is 15.5. The van der Waals surface area contributed by atoms with Gasteiger partial charge >= 0.3 is 0 Å². The molecule has 0 fully saturated rings. The van der Waals surface area contributed by atoms with Gasteiger partial charge in [0.1, 0.15) is 4.90 Å². The van der Waals surface area contributed by atoms with Crippen LogP contribution in [0, 0.1) is 11.6 Å². The molecule has 3 N–H and O–H groups in total. The molecular weight excluding hydrogens is 298 g/mol. The van der Waals surface area contributed by atoms with Gasteiger partial charge < -0.3 is 5.73 Å². The number of nitrogen functional groups attached to an aromatic ring is 1. The van der Waals surface area contributed by atoms with E-state index in [0.29, 0.717) is 6.42 Å². The minimum absolute atomic E-state index is 0.0716. The van der Waals surface area contributed by atoms with Crippen LogP contribution in [0.3, 0.4) is 0 Å². The topological polar surface area (TPSA) is 72.2 Å². The van der Waals surface area contributed by atoms with E-state index in [2.05, 4.69) is 4.72 Å². The van der Waals surface area contributed by atoms with E-state index >= 15 is 0 Å². The molecule has 0 saturated carbocycles. The van der Waals surface area contributed by atoms with Crippen molar-refractivity contribution in [2.45, 2.75) is 11.3 Å². The van der Waals surface area contributed by atoms with E-state index in [-0.39, 0.29) is 12.2 Å². The highest BCUT2D eigenvalue weighted by atomic mass is 32.2. The number of anilines is 1. The Morgan fingerprint density at radius 1 is 1.10 bits per heavy atom. The summed E-state index contributed by atoms with van der Waals surface area (Å²) in [5.74, 6) is -2.73. The predicted octanol–water partition coefficient (Wildman–Crippen LogP) is 2.07. The van der Waals surface area contributed by atoms with Crippen LogP contribution in [0.2, 0.25) is 0 Å². The molecule has 21 heavy (non-hydrogen) atoms. The second-order valence-electron chi connectivity index (χ2n) is 4.45. The molecule has 4 nitrogen and oxygen atoms in total. The summed E-state index contributed by atoms with van der Waals surface area (Å²) in [6, 6.07) is 10.8. The van der Waals surface area contributed by atoms with Gasteiger partial charge in [-0.05, 0) is 24.1 Å². The van der Waals surface area contributed by atoms with Crippen LogP contribution in [0.15, 0.2) is 47.4 Å². The highest BCUT2D eigenvalue weighted by Gasteiger charge is 2.22. The first-order valence-electron chi connectivity index (χ1n) is 6.18. The van der Waals surface area contributed by atoms with Crippen LogP contribution in [0.1, 0.15) is 5.56 Å². The molecular formula is C14H14F2N2O2S. The lowest BCUT2D eigenvalue weighted by atomic mass is 10.2. The third kappa shape index (κ3) is 3.77. The Bertz CT molecular complexity index is 734. The summed E-state index contributed by atoms with van der Waals surface area (Å²) in [7, 11) is -4.15. The van der Waals surface area contributed by atoms with Crippen molar-refractivity contribution in [2.24, 2.45) is 0 Å². The summed E-state index contributed by atoms with van der Waals surface area (Å²) >= 11 is 0. The molecule has 0 bridgehead atoms. The van der Waals surface area contributed by atoms with Crippen molar-refractivity contribution in [3.05, 3.63) is 59.7 Å². The minimum atomic E-state index is -4.15. The Hall–Kier alpha value is -1.99. The highest BCUT2D eigenvalue weighted by molar-refractivity contribution is 7.89. The maximum Gasteiger partial charge on any atom is 0.243 e. The van der Waals surface area contributed by atoms with Crippen molar-refractivity contribution in [2.75, 3.05) is 12.3 Å². The Labute approximate surface area is 121 Å². The zero-order valence-electron chi connectivity index (χ0n) is 11.0. The maximum absolute atomic E-state index is 13.6. The molecule has 2 aromatic carbocycles. The van der Waals surface area contributed by atoms with Crippen LogP contribution < -0.4 is 10.5 Å². The second kappa shape index (κ2) is 6.19. The smallest absolute Gasteiger partial charge is 0.243 e. The summed E-state index contributed by atoms with van der Waals surface area (Å²) in [5.41, 5.74) is 6.12. The van der Waals surface area contributed by atoms with Crippen molar-refractivity contribution in [1.82, 2.24) is 4.72 Å². The number of nitrogens with two attached hydrogens (primary N) is 1. The van der Waals surface area contributed by atoms with Gasteiger partial charge in [0.15, 0.2) is 11.6 Å². The number of hydrogen-bond acceptors (Lipinski definition) is 3. The van der Waals surface area contributed by atoms with Crippen LogP contribution in [0.25, 0.3) is 0 Å². The molecule has 2 rings (SSSR count). The van der Waals surface area contributed by atoms with Gasteiger partial charge in [-0.1, -0.05) is 30.3 Å². The second-order valence-corrected chi connectivity index (χ2v) is 6.18. The van der Waals surface area contributed by atoms with Crippen LogP contribution in [0.4, 0.5) is 14.5 Å². The van der Waals surface area contributed by atoms with Gasteiger partial charge in [-0.15, -0.1) is 0 Å². The number of nitrogens with one attached hydrogen (secondary N) is 1. The summed E-state index contributed by atoms with van der Waals surface area (Å²) in [4.78, 5) is -0.784. The number of benzene rings is 2. The first kappa shape index (κ1) is 15.4. The Morgan fingerprint density at radius 3 is 2.43 bits per heavy atom. The average Bonchev–Trinajstić information content (AvgIpc) is 2.43. The predicted molar refractivity (Wildman–Crippen MR) is 76.1 cm³/mol. The van der Waals surface area contributed by atoms with Gasteiger partial charge in [-0.25, -0.2) is 21.9 Å².